The Kier molecular flexibility index (Phi) is 3.04. The summed E-state index contributed by atoms with van der Waals surface area (Å²) >= 11 is 5.96. The van der Waals surface area contributed by atoms with Crippen LogP contribution in [0.25, 0.3) is 22.8 Å². The van der Waals surface area contributed by atoms with Crippen LogP contribution in [0.2, 0.25) is 5.02 Å². The van der Waals surface area contributed by atoms with Gasteiger partial charge in [0.05, 0.1) is 10.7 Å². The zero-order valence-corrected chi connectivity index (χ0v) is 11.0. The van der Waals surface area contributed by atoms with Crippen molar-refractivity contribution in [3.8, 4) is 28.6 Å². The average molecular weight is 288 g/mol. The summed E-state index contributed by atoms with van der Waals surface area (Å²) in [6.07, 6.45) is 0. The number of hydrogen-bond donors (Lipinski definition) is 2. The fraction of sp³-hybridized carbons (Fsp3) is 0. The van der Waals surface area contributed by atoms with Gasteiger partial charge in [0.1, 0.15) is 5.75 Å². The molecule has 0 spiro atoms. The number of halogens is 1. The molecule has 1 aromatic heterocycles. The molecule has 3 rings (SSSR count). The second-order valence-corrected chi connectivity index (χ2v) is 4.61. The highest BCUT2D eigenvalue weighted by Gasteiger charge is 2.11. The molecule has 0 radical (unpaired) electrons. The van der Waals surface area contributed by atoms with Crippen molar-refractivity contribution in [2.75, 3.05) is 5.73 Å². The first-order valence-electron chi connectivity index (χ1n) is 5.82. The van der Waals surface area contributed by atoms with Gasteiger partial charge in [0, 0.05) is 11.1 Å². The van der Waals surface area contributed by atoms with Gasteiger partial charge in [-0.15, -0.1) is 0 Å². The summed E-state index contributed by atoms with van der Waals surface area (Å²) in [7, 11) is 0. The number of aromatic nitrogens is 2. The minimum absolute atomic E-state index is 0.183. The van der Waals surface area contributed by atoms with E-state index in [-0.39, 0.29) is 5.75 Å². The number of phenolic OH excluding ortho intramolecular Hbond substituents is 1. The van der Waals surface area contributed by atoms with Gasteiger partial charge in [-0.2, -0.15) is 4.98 Å². The topological polar surface area (TPSA) is 85.2 Å². The first-order valence-corrected chi connectivity index (χ1v) is 6.20. The van der Waals surface area contributed by atoms with Crippen LogP contribution in [-0.4, -0.2) is 15.2 Å². The Morgan fingerprint density at radius 2 is 1.75 bits per heavy atom. The van der Waals surface area contributed by atoms with Gasteiger partial charge in [-0.05, 0) is 42.5 Å². The van der Waals surface area contributed by atoms with Crippen molar-refractivity contribution in [2.24, 2.45) is 0 Å². The van der Waals surface area contributed by atoms with Crippen molar-refractivity contribution in [1.29, 1.82) is 0 Å². The van der Waals surface area contributed by atoms with Gasteiger partial charge in [0.15, 0.2) is 0 Å². The molecule has 0 aliphatic rings. The molecule has 100 valence electrons. The highest BCUT2D eigenvalue weighted by Crippen LogP contribution is 2.27. The Balaban J connectivity index is 1.97. The maximum absolute atomic E-state index is 9.25. The molecule has 0 bridgehead atoms. The SMILES string of the molecule is Nc1ccc(-c2nc(-c3ccc(O)cc3)no2)cc1Cl. The van der Waals surface area contributed by atoms with Crippen LogP contribution in [0.1, 0.15) is 0 Å². The third-order valence-corrected chi connectivity index (χ3v) is 3.13. The molecular weight excluding hydrogens is 278 g/mol. The van der Waals surface area contributed by atoms with Crippen molar-refractivity contribution in [1.82, 2.24) is 10.1 Å². The third kappa shape index (κ3) is 2.31. The van der Waals surface area contributed by atoms with Crippen LogP contribution >= 0.6 is 11.6 Å². The van der Waals surface area contributed by atoms with E-state index in [9.17, 15) is 5.11 Å². The van der Waals surface area contributed by atoms with Gasteiger partial charge in [-0.3, -0.25) is 0 Å². The van der Waals surface area contributed by atoms with Gasteiger partial charge in [-0.25, -0.2) is 0 Å². The second kappa shape index (κ2) is 4.86. The molecule has 20 heavy (non-hydrogen) atoms. The van der Waals surface area contributed by atoms with E-state index in [1.54, 1.807) is 42.5 Å². The summed E-state index contributed by atoms with van der Waals surface area (Å²) in [5.41, 5.74) is 7.59. The molecule has 1 heterocycles. The zero-order valence-electron chi connectivity index (χ0n) is 10.2. The second-order valence-electron chi connectivity index (χ2n) is 4.21. The molecule has 0 saturated carbocycles. The predicted molar refractivity (Wildman–Crippen MR) is 76.3 cm³/mol. The minimum Gasteiger partial charge on any atom is -0.508 e. The highest BCUT2D eigenvalue weighted by atomic mass is 35.5. The normalized spacial score (nSPS) is 10.7. The van der Waals surface area contributed by atoms with E-state index in [0.29, 0.717) is 28.0 Å². The van der Waals surface area contributed by atoms with Gasteiger partial charge in [0.2, 0.25) is 5.82 Å². The molecule has 3 aromatic rings. The number of benzene rings is 2. The largest absolute Gasteiger partial charge is 0.508 e. The van der Waals surface area contributed by atoms with E-state index < -0.39 is 0 Å². The van der Waals surface area contributed by atoms with Crippen LogP contribution in [-0.2, 0) is 0 Å². The summed E-state index contributed by atoms with van der Waals surface area (Å²) in [4.78, 5) is 4.29. The minimum atomic E-state index is 0.183. The van der Waals surface area contributed by atoms with E-state index in [2.05, 4.69) is 10.1 Å². The zero-order chi connectivity index (χ0) is 14.1. The number of anilines is 1. The molecule has 0 amide bonds. The van der Waals surface area contributed by atoms with E-state index >= 15 is 0 Å². The highest BCUT2D eigenvalue weighted by molar-refractivity contribution is 6.33. The lowest BCUT2D eigenvalue weighted by atomic mass is 10.2. The maximum Gasteiger partial charge on any atom is 0.258 e. The first kappa shape index (κ1) is 12.5. The summed E-state index contributed by atoms with van der Waals surface area (Å²) in [6, 6.07) is 11.7. The molecule has 0 atom stereocenters. The number of hydrogen-bond acceptors (Lipinski definition) is 5. The summed E-state index contributed by atoms with van der Waals surface area (Å²) in [5, 5.41) is 13.6. The van der Waals surface area contributed by atoms with Crippen molar-refractivity contribution in [3.05, 3.63) is 47.5 Å². The van der Waals surface area contributed by atoms with Crippen molar-refractivity contribution in [3.63, 3.8) is 0 Å². The van der Waals surface area contributed by atoms with Crippen LogP contribution in [0.4, 0.5) is 5.69 Å². The Morgan fingerprint density at radius 1 is 1.05 bits per heavy atom. The lowest BCUT2D eigenvalue weighted by molar-refractivity contribution is 0.432. The van der Waals surface area contributed by atoms with E-state index in [0.717, 1.165) is 5.56 Å². The van der Waals surface area contributed by atoms with Gasteiger partial charge >= 0.3 is 0 Å². The van der Waals surface area contributed by atoms with Crippen molar-refractivity contribution in [2.45, 2.75) is 0 Å². The molecule has 5 nitrogen and oxygen atoms in total. The van der Waals surface area contributed by atoms with Crippen molar-refractivity contribution < 1.29 is 9.63 Å². The standard InChI is InChI=1S/C14H10ClN3O2/c15-11-7-9(3-6-12(11)16)14-17-13(18-20-14)8-1-4-10(19)5-2-8/h1-7,19H,16H2. The Labute approximate surface area is 119 Å². The fourth-order valence-electron chi connectivity index (χ4n) is 1.73. The fourth-order valence-corrected chi connectivity index (χ4v) is 1.91. The van der Waals surface area contributed by atoms with E-state index in [1.807, 2.05) is 0 Å². The Hall–Kier alpha value is -2.53. The summed E-state index contributed by atoms with van der Waals surface area (Å²) < 4.78 is 5.21. The molecular formula is C14H10ClN3O2. The van der Waals surface area contributed by atoms with Gasteiger partial charge in [-0.1, -0.05) is 16.8 Å². The molecule has 6 heteroatoms. The number of nitrogen functional groups attached to an aromatic ring is 1. The van der Waals surface area contributed by atoms with Crippen LogP contribution in [0.15, 0.2) is 47.0 Å². The number of rotatable bonds is 2. The molecule has 0 aliphatic carbocycles. The van der Waals surface area contributed by atoms with Crippen LogP contribution in [0.5, 0.6) is 5.75 Å². The molecule has 0 saturated heterocycles. The Morgan fingerprint density at radius 3 is 2.45 bits per heavy atom. The van der Waals surface area contributed by atoms with E-state index in [4.69, 9.17) is 21.9 Å². The molecule has 0 unspecified atom stereocenters. The van der Waals surface area contributed by atoms with Gasteiger partial charge in [0.25, 0.3) is 5.89 Å². The lowest BCUT2D eigenvalue weighted by Crippen LogP contribution is -1.86. The van der Waals surface area contributed by atoms with E-state index in [1.165, 1.54) is 0 Å². The quantitative estimate of drug-likeness (QED) is 0.706. The van der Waals surface area contributed by atoms with Gasteiger partial charge < -0.3 is 15.4 Å². The number of nitrogens with zero attached hydrogens (tertiary/aromatic N) is 2. The number of aromatic hydroxyl groups is 1. The predicted octanol–water partition coefficient (Wildman–Crippen LogP) is 3.34. The smallest absolute Gasteiger partial charge is 0.258 e. The third-order valence-electron chi connectivity index (χ3n) is 2.80. The Bertz CT molecular complexity index is 753. The first-order chi connectivity index (χ1) is 9.63. The number of phenols is 1. The summed E-state index contributed by atoms with van der Waals surface area (Å²) in [6.45, 7) is 0. The maximum atomic E-state index is 9.25. The molecule has 2 aromatic carbocycles. The van der Waals surface area contributed by atoms with Crippen molar-refractivity contribution >= 4 is 17.3 Å². The van der Waals surface area contributed by atoms with Crippen LogP contribution < -0.4 is 5.73 Å². The lowest BCUT2D eigenvalue weighted by Gasteiger charge is -1.98. The average Bonchev–Trinajstić information content (AvgIpc) is 2.92. The number of nitrogens with two attached hydrogens (primary N) is 1. The monoisotopic (exact) mass is 287 g/mol. The molecule has 3 N–H and O–H groups in total. The van der Waals surface area contributed by atoms with Crippen LogP contribution in [0, 0.1) is 0 Å². The van der Waals surface area contributed by atoms with Crippen LogP contribution in [0.3, 0.4) is 0 Å². The molecule has 0 fully saturated rings. The summed E-state index contributed by atoms with van der Waals surface area (Å²) in [5.74, 6) is 0.978. The molecule has 0 aliphatic heterocycles.